The molecule has 0 spiro atoms. The lowest BCUT2D eigenvalue weighted by Gasteiger charge is -2.35. The zero-order valence-corrected chi connectivity index (χ0v) is 25.6. The summed E-state index contributed by atoms with van der Waals surface area (Å²) >= 11 is 0. The van der Waals surface area contributed by atoms with E-state index in [1.54, 1.807) is 11.8 Å². The van der Waals surface area contributed by atoms with E-state index in [1.807, 2.05) is 39.8 Å². The largest absolute Gasteiger partial charge is 0.372 e. The number of aryl methyl sites for hydroxylation is 1. The van der Waals surface area contributed by atoms with Crippen LogP contribution >= 0.6 is 0 Å². The lowest BCUT2D eigenvalue weighted by molar-refractivity contribution is -0.0586. The van der Waals surface area contributed by atoms with Gasteiger partial charge in [0.25, 0.3) is 11.5 Å². The molecule has 10 heteroatoms. The SMILES string of the molecule is CC.CCC.CF.Cc1nc2cc(C3CC3)c(CNc3ncc(C(=O)N4CC(C)OC(C)C4)cc3F)cc2c(=O)[nH]1. The van der Waals surface area contributed by atoms with Gasteiger partial charge in [-0.05, 0) is 68.9 Å². The molecule has 1 saturated heterocycles. The Hall–Kier alpha value is -3.40. The summed E-state index contributed by atoms with van der Waals surface area (Å²) < 4.78 is 30.1. The van der Waals surface area contributed by atoms with Crippen LogP contribution in [-0.4, -0.2) is 58.2 Å². The van der Waals surface area contributed by atoms with E-state index < -0.39 is 5.82 Å². The van der Waals surface area contributed by atoms with Crippen LogP contribution in [-0.2, 0) is 11.3 Å². The summed E-state index contributed by atoms with van der Waals surface area (Å²) in [7, 11) is 0.500. The summed E-state index contributed by atoms with van der Waals surface area (Å²) in [6.45, 7) is 15.1. The van der Waals surface area contributed by atoms with Crippen molar-refractivity contribution >= 4 is 22.6 Å². The summed E-state index contributed by atoms with van der Waals surface area (Å²) in [5.74, 6) is 0.223. The molecule has 1 aromatic carbocycles. The van der Waals surface area contributed by atoms with Crippen molar-refractivity contribution < 1.29 is 18.3 Å². The standard InChI is InChI=1S/C25H28FN5O3.C3H8.C2H6.CH3F/c1-13-11-31(12-14(2)34-13)25(33)18-7-21(26)23(28-10-18)27-9-17-6-20-22(8-19(17)16-4-5-16)29-15(3)30-24(20)32;1-3-2;2*1-2/h6-8,10,13-14,16H,4-5,9,11-12H2,1-3H3,(H,27,28)(H,29,30,32);3H2,1-2H3;1-2H3;1H3. The average molecular weight is 574 g/mol. The molecule has 1 amide bonds. The van der Waals surface area contributed by atoms with Gasteiger partial charge < -0.3 is 19.9 Å². The van der Waals surface area contributed by atoms with Gasteiger partial charge in [0.2, 0.25) is 0 Å². The van der Waals surface area contributed by atoms with Crippen LogP contribution in [0.2, 0.25) is 0 Å². The molecule has 2 N–H and O–H groups in total. The number of anilines is 1. The maximum atomic E-state index is 14.9. The number of aromatic amines is 1. The number of aromatic nitrogens is 3. The normalized spacial score (nSPS) is 17.8. The molecule has 1 aliphatic heterocycles. The van der Waals surface area contributed by atoms with E-state index in [0.717, 1.165) is 24.0 Å². The third-order valence-corrected chi connectivity index (χ3v) is 6.34. The third kappa shape index (κ3) is 9.05. The van der Waals surface area contributed by atoms with Gasteiger partial charge in [0.05, 0.1) is 35.9 Å². The molecule has 41 heavy (non-hydrogen) atoms. The number of carbonyl (C=O) groups excluding carboxylic acids is 1. The predicted octanol–water partition coefficient (Wildman–Crippen LogP) is 6.53. The molecular formula is C31H45F2N5O3. The van der Waals surface area contributed by atoms with Crippen molar-refractivity contribution in [1.29, 1.82) is 0 Å². The highest BCUT2D eigenvalue weighted by molar-refractivity contribution is 5.94. The summed E-state index contributed by atoms with van der Waals surface area (Å²) in [6.07, 6.45) is 4.69. The van der Waals surface area contributed by atoms with Crippen LogP contribution < -0.4 is 10.9 Å². The summed E-state index contributed by atoms with van der Waals surface area (Å²) in [4.78, 5) is 38.3. The van der Waals surface area contributed by atoms with E-state index in [-0.39, 0.29) is 35.1 Å². The molecule has 1 aliphatic carbocycles. The van der Waals surface area contributed by atoms with Crippen molar-refractivity contribution in [3.05, 3.63) is 63.1 Å². The molecular weight excluding hydrogens is 528 g/mol. The highest BCUT2D eigenvalue weighted by atomic mass is 19.1. The van der Waals surface area contributed by atoms with Gasteiger partial charge in [-0.25, -0.2) is 14.4 Å². The van der Waals surface area contributed by atoms with Gasteiger partial charge in [-0.1, -0.05) is 34.1 Å². The Labute approximate surface area is 241 Å². The molecule has 2 aromatic heterocycles. The van der Waals surface area contributed by atoms with E-state index in [1.165, 1.54) is 18.7 Å². The first-order chi connectivity index (χ1) is 19.7. The molecule has 8 nitrogen and oxygen atoms in total. The molecule has 2 aliphatic rings. The Bertz CT molecular complexity index is 1330. The molecule has 2 fully saturated rings. The van der Waals surface area contributed by atoms with Crippen LogP contribution in [0.25, 0.3) is 10.9 Å². The van der Waals surface area contributed by atoms with Gasteiger partial charge >= 0.3 is 0 Å². The van der Waals surface area contributed by atoms with E-state index in [4.69, 9.17) is 4.74 Å². The van der Waals surface area contributed by atoms with Gasteiger partial charge in [0.1, 0.15) is 5.82 Å². The Morgan fingerprint density at radius 3 is 2.29 bits per heavy atom. The second-order valence-corrected chi connectivity index (χ2v) is 10.1. The second kappa shape index (κ2) is 16.1. The molecule has 0 radical (unpaired) electrons. The van der Waals surface area contributed by atoms with Crippen molar-refractivity contribution in [3.8, 4) is 0 Å². The third-order valence-electron chi connectivity index (χ3n) is 6.34. The maximum Gasteiger partial charge on any atom is 0.258 e. The summed E-state index contributed by atoms with van der Waals surface area (Å²) in [6, 6.07) is 5.03. The van der Waals surface area contributed by atoms with Gasteiger partial charge in [0.15, 0.2) is 11.6 Å². The van der Waals surface area contributed by atoms with Crippen molar-refractivity contribution in [2.75, 3.05) is 25.6 Å². The van der Waals surface area contributed by atoms with Crippen molar-refractivity contribution in [1.82, 2.24) is 19.9 Å². The van der Waals surface area contributed by atoms with Crippen LogP contribution in [0.1, 0.15) is 94.0 Å². The Balaban J connectivity index is 0.000000775. The number of amides is 1. The van der Waals surface area contributed by atoms with E-state index in [0.29, 0.717) is 49.5 Å². The first kappa shape index (κ1) is 33.8. The van der Waals surface area contributed by atoms with Gasteiger partial charge in [0, 0.05) is 25.8 Å². The van der Waals surface area contributed by atoms with Crippen molar-refractivity contribution in [3.63, 3.8) is 0 Å². The number of hydrogen-bond donors (Lipinski definition) is 2. The number of H-pyrrole nitrogens is 1. The highest BCUT2D eigenvalue weighted by Gasteiger charge is 2.28. The molecule has 2 atom stereocenters. The minimum atomic E-state index is -0.593. The van der Waals surface area contributed by atoms with Crippen LogP contribution in [0, 0.1) is 12.7 Å². The van der Waals surface area contributed by atoms with Gasteiger partial charge in [-0.3, -0.25) is 14.0 Å². The average Bonchev–Trinajstić information content (AvgIpc) is 3.79. The minimum Gasteiger partial charge on any atom is -0.372 e. The monoisotopic (exact) mass is 573 g/mol. The first-order valence-corrected chi connectivity index (χ1v) is 14.5. The number of halogens is 2. The van der Waals surface area contributed by atoms with Crippen molar-refractivity contribution in [2.45, 2.75) is 92.4 Å². The quantitative estimate of drug-likeness (QED) is 0.360. The predicted molar refractivity (Wildman–Crippen MR) is 161 cm³/mol. The number of rotatable bonds is 5. The maximum absolute atomic E-state index is 14.9. The van der Waals surface area contributed by atoms with Gasteiger partial charge in [-0.15, -0.1) is 0 Å². The van der Waals surface area contributed by atoms with Crippen LogP contribution in [0.4, 0.5) is 14.6 Å². The zero-order chi connectivity index (χ0) is 30.7. The fraction of sp³-hybridized carbons (Fsp3) is 0.548. The number of fused-ring (bicyclic) bond motifs is 1. The molecule has 2 unspecified atom stereocenters. The van der Waals surface area contributed by atoms with Crippen LogP contribution in [0.5, 0.6) is 0 Å². The number of pyridine rings is 1. The number of ether oxygens (including phenoxy) is 1. The van der Waals surface area contributed by atoms with E-state index in [2.05, 4.69) is 34.1 Å². The number of nitrogens with zero attached hydrogens (tertiary/aromatic N) is 3. The number of carbonyl (C=O) groups is 1. The zero-order valence-electron chi connectivity index (χ0n) is 25.6. The molecule has 3 aromatic rings. The lowest BCUT2D eigenvalue weighted by Crippen LogP contribution is -2.48. The van der Waals surface area contributed by atoms with Gasteiger partial charge in [-0.2, -0.15) is 0 Å². The van der Waals surface area contributed by atoms with Crippen LogP contribution in [0.3, 0.4) is 0 Å². The number of morpholine rings is 1. The molecule has 3 heterocycles. The number of benzene rings is 1. The smallest absolute Gasteiger partial charge is 0.258 e. The van der Waals surface area contributed by atoms with Crippen LogP contribution in [0.15, 0.2) is 29.2 Å². The number of hydrogen-bond acceptors (Lipinski definition) is 6. The fourth-order valence-electron chi connectivity index (χ4n) is 4.68. The minimum absolute atomic E-state index is 0.0676. The van der Waals surface area contributed by atoms with E-state index >= 15 is 0 Å². The van der Waals surface area contributed by atoms with E-state index in [9.17, 15) is 18.4 Å². The fourth-order valence-corrected chi connectivity index (χ4v) is 4.68. The second-order valence-electron chi connectivity index (χ2n) is 10.1. The number of alkyl halides is 1. The Kier molecular flexibility index (Phi) is 13.3. The molecule has 1 saturated carbocycles. The number of nitrogens with one attached hydrogen (secondary N) is 2. The topological polar surface area (TPSA) is 100 Å². The van der Waals surface area contributed by atoms with Crippen molar-refractivity contribution in [2.24, 2.45) is 0 Å². The molecule has 0 bridgehead atoms. The molecule has 226 valence electrons. The summed E-state index contributed by atoms with van der Waals surface area (Å²) in [5, 5.41) is 3.55. The lowest BCUT2D eigenvalue weighted by atomic mass is 10.0. The first-order valence-electron chi connectivity index (χ1n) is 14.5. The Morgan fingerprint density at radius 2 is 1.73 bits per heavy atom. The summed E-state index contributed by atoms with van der Waals surface area (Å²) in [5.41, 5.74) is 2.74. The molecule has 5 rings (SSSR count). The Morgan fingerprint density at radius 1 is 1.12 bits per heavy atom. The highest BCUT2D eigenvalue weighted by Crippen LogP contribution is 2.42.